The van der Waals surface area contributed by atoms with Crippen molar-refractivity contribution in [2.45, 2.75) is 57.0 Å². The van der Waals surface area contributed by atoms with Crippen LogP contribution in [0.5, 0.6) is 0 Å². The smallest absolute Gasteiger partial charge is 0.260 e. The number of thiophene rings is 1. The molecule has 1 saturated heterocycles. The van der Waals surface area contributed by atoms with Crippen LogP contribution >= 0.6 is 23.1 Å². The topological polar surface area (TPSA) is 66.1 Å². The van der Waals surface area contributed by atoms with Gasteiger partial charge < -0.3 is 9.88 Å². The molecule has 1 atom stereocenters. The number of likely N-dealkylation sites (tertiary alicyclic amines) is 1. The summed E-state index contributed by atoms with van der Waals surface area (Å²) in [7, 11) is 0. The van der Waals surface area contributed by atoms with Crippen LogP contribution in [0.4, 0.5) is 0 Å². The average molecular weight is 392 g/mol. The molecule has 1 aliphatic carbocycles. The second-order valence-electron chi connectivity index (χ2n) is 7.49. The van der Waals surface area contributed by atoms with Crippen molar-refractivity contribution in [1.29, 1.82) is 0 Å². The summed E-state index contributed by atoms with van der Waals surface area (Å²) in [5, 5.41) is 1.34. The van der Waals surface area contributed by atoms with E-state index in [1.54, 1.807) is 11.3 Å². The molecule has 1 N–H and O–H groups in total. The highest BCUT2D eigenvalue weighted by atomic mass is 32.2. The number of carbonyl (C=O) groups excluding carboxylic acids is 1. The molecule has 1 amide bonds. The minimum Gasteiger partial charge on any atom is -0.342 e. The number of amides is 1. The van der Waals surface area contributed by atoms with Crippen LogP contribution in [-0.4, -0.2) is 39.6 Å². The van der Waals surface area contributed by atoms with Crippen molar-refractivity contribution in [2.24, 2.45) is 5.92 Å². The Balaban J connectivity index is 1.50. The van der Waals surface area contributed by atoms with E-state index in [1.807, 2.05) is 4.90 Å². The van der Waals surface area contributed by atoms with Gasteiger partial charge in [0.15, 0.2) is 5.16 Å². The van der Waals surface area contributed by atoms with Crippen molar-refractivity contribution in [3.63, 3.8) is 0 Å². The van der Waals surface area contributed by atoms with Crippen LogP contribution < -0.4 is 5.56 Å². The van der Waals surface area contributed by atoms with E-state index in [1.165, 1.54) is 35.0 Å². The van der Waals surface area contributed by atoms with Crippen molar-refractivity contribution in [2.75, 3.05) is 18.8 Å². The normalized spacial score (nSPS) is 20.8. The maximum atomic E-state index is 12.6. The van der Waals surface area contributed by atoms with Crippen LogP contribution in [0.1, 0.15) is 49.5 Å². The minimum atomic E-state index is -0.0493. The third kappa shape index (κ3) is 3.69. The first-order chi connectivity index (χ1) is 12.6. The lowest BCUT2D eigenvalue weighted by atomic mass is 9.89. The van der Waals surface area contributed by atoms with Crippen LogP contribution in [0.15, 0.2) is 9.95 Å². The number of aromatic nitrogens is 2. The lowest BCUT2D eigenvalue weighted by Gasteiger charge is -2.19. The Hall–Kier alpha value is -1.34. The second kappa shape index (κ2) is 7.72. The predicted molar refractivity (Wildman–Crippen MR) is 107 cm³/mol. The molecular weight excluding hydrogens is 366 g/mol. The number of carbonyl (C=O) groups is 1. The molecular formula is C19H25N3O2S2. The van der Waals surface area contributed by atoms with Gasteiger partial charge in [-0.15, -0.1) is 11.3 Å². The first-order valence-electron chi connectivity index (χ1n) is 9.57. The van der Waals surface area contributed by atoms with E-state index in [2.05, 4.69) is 16.9 Å². The highest BCUT2D eigenvalue weighted by Crippen LogP contribution is 2.36. The largest absolute Gasteiger partial charge is 0.342 e. The van der Waals surface area contributed by atoms with E-state index >= 15 is 0 Å². The molecule has 2 aromatic heterocycles. The zero-order valence-electron chi connectivity index (χ0n) is 15.2. The summed E-state index contributed by atoms with van der Waals surface area (Å²) in [4.78, 5) is 36.7. The summed E-state index contributed by atoms with van der Waals surface area (Å²) >= 11 is 3.01. The van der Waals surface area contributed by atoms with Gasteiger partial charge in [-0.05, 0) is 43.6 Å². The average Bonchev–Trinajstić information content (AvgIpc) is 2.79. The Labute approximate surface area is 161 Å². The summed E-state index contributed by atoms with van der Waals surface area (Å²) in [6.45, 7) is 3.98. The number of H-pyrrole nitrogens is 1. The SMILES string of the molecule is C[C@H]1CCc2c(sc3nc(SCC(=O)N4CCCCCC4)[nH]c(=O)c23)C1. The summed E-state index contributed by atoms with van der Waals surface area (Å²) in [6, 6.07) is 0. The standard InChI is InChI=1S/C19H25N3O2S2/c1-12-6-7-13-14(10-12)26-18-16(13)17(24)20-19(21-18)25-11-15(23)22-8-4-2-3-5-9-22/h12H,2-11H2,1H3,(H,20,21,24)/t12-/m0/s1. The summed E-state index contributed by atoms with van der Waals surface area (Å²) < 4.78 is 0. The van der Waals surface area contributed by atoms with Gasteiger partial charge in [0, 0.05) is 18.0 Å². The van der Waals surface area contributed by atoms with E-state index in [4.69, 9.17) is 0 Å². The van der Waals surface area contributed by atoms with Crippen LogP contribution in [0.2, 0.25) is 0 Å². The molecule has 7 heteroatoms. The summed E-state index contributed by atoms with van der Waals surface area (Å²) in [6.07, 6.45) is 7.77. The Bertz CT molecular complexity index is 866. The number of nitrogens with one attached hydrogen (secondary N) is 1. The second-order valence-corrected chi connectivity index (χ2v) is 9.53. The van der Waals surface area contributed by atoms with Crippen molar-refractivity contribution in [3.05, 3.63) is 20.8 Å². The van der Waals surface area contributed by atoms with E-state index in [9.17, 15) is 9.59 Å². The van der Waals surface area contributed by atoms with Crippen molar-refractivity contribution in [1.82, 2.24) is 14.9 Å². The molecule has 0 unspecified atom stereocenters. The first-order valence-corrected chi connectivity index (χ1v) is 11.4. The van der Waals surface area contributed by atoms with Crippen molar-refractivity contribution in [3.8, 4) is 0 Å². The van der Waals surface area contributed by atoms with Gasteiger partial charge in [0.25, 0.3) is 5.56 Å². The quantitative estimate of drug-likeness (QED) is 0.641. The molecule has 0 radical (unpaired) electrons. The number of hydrogen-bond acceptors (Lipinski definition) is 5. The van der Waals surface area contributed by atoms with E-state index < -0.39 is 0 Å². The number of nitrogens with zero attached hydrogens (tertiary/aromatic N) is 2. The Morgan fingerprint density at radius 3 is 2.85 bits per heavy atom. The molecule has 4 rings (SSSR count). The number of hydrogen-bond donors (Lipinski definition) is 1. The maximum absolute atomic E-state index is 12.6. The van der Waals surface area contributed by atoms with Crippen molar-refractivity contribution >= 4 is 39.2 Å². The third-order valence-electron chi connectivity index (χ3n) is 5.43. The van der Waals surface area contributed by atoms with Crippen LogP contribution in [-0.2, 0) is 17.6 Å². The van der Waals surface area contributed by atoms with E-state index in [-0.39, 0.29) is 11.5 Å². The van der Waals surface area contributed by atoms with Gasteiger partial charge in [-0.25, -0.2) is 4.98 Å². The van der Waals surface area contributed by atoms with Crippen LogP contribution in [0.25, 0.3) is 10.2 Å². The molecule has 1 fully saturated rings. The molecule has 3 heterocycles. The monoisotopic (exact) mass is 391 g/mol. The molecule has 26 heavy (non-hydrogen) atoms. The fourth-order valence-corrected chi connectivity index (χ4v) is 6.14. The fourth-order valence-electron chi connectivity index (χ4n) is 3.94. The molecule has 2 aromatic rings. The highest BCUT2D eigenvalue weighted by molar-refractivity contribution is 7.99. The summed E-state index contributed by atoms with van der Waals surface area (Å²) in [5.74, 6) is 1.17. The fraction of sp³-hybridized carbons (Fsp3) is 0.632. The van der Waals surface area contributed by atoms with Gasteiger partial charge in [-0.3, -0.25) is 9.59 Å². The molecule has 0 spiro atoms. The van der Waals surface area contributed by atoms with Gasteiger partial charge >= 0.3 is 0 Å². The zero-order valence-corrected chi connectivity index (χ0v) is 16.8. The first kappa shape index (κ1) is 18.0. The lowest BCUT2D eigenvalue weighted by Crippen LogP contribution is -2.33. The molecule has 0 saturated carbocycles. The Morgan fingerprint density at radius 2 is 2.08 bits per heavy atom. The maximum Gasteiger partial charge on any atom is 0.260 e. The van der Waals surface area contributed by atoms with Gasteiger partial charge in [0.1, 0.15) is 4.83 Å². The van der Waals surface area contributed by atoms with Gasteiger partial charge in [-0.1, -0.05) is 31.5 Å². The van der Waals surface area contributed by atoms with Crippen LogP contribution in [0, 0.1) is 5.92 Å². The number of aryl methyl sites for hydroxylation is 1. The van der Waals surface area contributed by atoms with E-state index in [0.29, 0.717) is 16.8 Å². The predicted octanol–water partition coefficient (Wildman–Crippen LogP) is 3.60. The van der Waals surface area contributed by atoms with Crippen molar-refractivity contribution < 1.29 is 4.79 Å². The number of aromatic amines is 1. The molecule has 140 valence electrons. The molecule has 1 aliphatic heterocycles. The number of fused-ring (bicyclic) bond motifs is 3. The third-order valence-corrected chi connectivity index (χ3v) is 7.44. The van der Waals surface area contributed by atoms with E-state index in [0.717, 1.165) is 55.4 Å². The van der Waals surface area contributed by atoms with Gasteiger partial charge in [-0.2, -0.15) is 0 Å². The Kier molecular flexibility index (Phi) is 5.36. The Morgan fingerprint density at radius 1 is 1.31 bits per heavy atom. The number of rotatable bonds is 3. The molecule has 0 bridgehead atoms. The highest BCUT2D eigenvalue weighted by Gasteiger charge is 2.23. The number of thioether (sulfide) groups is 1. The lowest BCUT2D eigenvalue weighted by molar-refractivity contribution is -0.128. The minimum absolute atomic E-state index is 0.0493. The molecule has 2 aliphatic rings. The zero-order chi connectivity index (χ0) is 18.1. The summed E-state index contributed by atoms with van der Waals surface area (Å²) in [5.41, 5.74) is 1.15. The van der Waals surface area contributed by atoms with Gasteiger partial charge in [0.05, 0.1) is 11.1 Å². The van der Waals surface area contributed by atoms with Crippen LogP contribution in [0.3, 0.4) is 0 Å². The molecule has 0 aromatic carbocycles. The van der Waals surface area contributed by atoms with Gasteiger partial charge in [0.2, 0.25) is 5.91 Å². The molecule has 5 nitrogen and oxygen atoms in total.